The second-order valence-corrected chi connectivity index (χ2v) is 7.00. The summed E-state index contributed by atoms with van der Waals surface area (Å²) in [5, 5.41) is 3.72. The Hall–Kier alpha value is -2.08. The highest BCUT2D eigenvalue weighted by molar-refractivity contribution is 7.99. The number of nitrogens with one attached hydrogen (secondary N) is 1. The summed E-state index contributed by atoms with van der Waals surface area (Å²) in [5.74, 6) is 0.534. The van der Waals surface area contributed by atoms with Crippen LogP contribution in [0.2, 0.25) is 0 Å². The average Bonchev–Trinajstić information content (AvgIpc) is 3.04. The Morgan fingerprint density at radius 1 is 1.30 bits per heavy atom. The monoisotopic (exact) mass is 327 g/mol. The molecule has 2 aliphatic rings. The smallest absolute Gasteiger partial charge is 0.267 e. The molecule has 5 nitrogen and oxygen atoms in total. The van der Waals surface area contributed by atoms with Gasteiger partial charge in [-0.15, -0.1) is 0 Å². The van der Waals surface area contributed by atoms with Crippen molar-refractivity contribution in [2.45, 2.75) is 37.0 Å². The Morgan fingerprint density at radius 2 is 2.13 bits per heavy atom. The fourth-order valence-corrected chi connectivity index (χ4v) is 4.17. The summed E-state index contributed by atoms with van der Waals surface area (Å²) in [5.41, 5.74) is 2.56. The highest BCUT2D eigenvalue weighted by Gasteiger charge is 2.24. The van der Waals surface area contributed by atoms with E-state index in [0.717, 1.165) is 25.0 Å². The molecule has 1 unspecified atom stereocenters. The Kier molecular flexibility index (Phi) is 3.69. The first-order valence-corrected chi connectivity index (χ1v) is 8.81. The molecule has 1 aromatic heterocycles. The maximum absolute atomic E-state index is 12.5. The van der Waals surface area contributed by atoms with Gasteiger partial charge >= 0.3 is 0 Å². The van der Waals surface area contributed by atoms with E-state index in [1.807, 2.05) is 12.1 Å². The lowest BCUT2D eigenvalue weighted by molar-refractivity contribution is 0.0930. The van der Waals surface area contributed by atoms with Crippen LogP contribution in [0.15, 0.2) is 40.4 Å². The van der Waals surface area contributed by atoms with Crippen molar-refractivity contribution in [1.82, 2.24) is 14.9 Å². The predicted molar refractivity (Wildman–Crippen MR) is 88.9 cm³/mol. The number of nitrogens with zero attached hydrogens (tertiary/aromatic N) is 2. The quantitative estimate of drug-likeness (QED) is 0.852. The van der Waals surface area contributed by atoms with Crippen molar-refractivity contribution < 1.29 is 4.79 Å². The highest BCUT2D eigenvalue weighted by Crippen LogP contribution is 2.22. The van der Waals surface area contributed by atoms with Gasteiger partial charge in [0.25, 0.3) is 11.5 Å². The first-order chi connectivity index (χ1) is 11.2. The summed E-state index contributed by atoms with van der Waals surface area (Å²) in [4.78, 5) is 29.1. The van der Waals surface area contributed by atoms with E-state index in [4.69, 9.17) is 0 Å². The molecule has 1 aliphatic heterocycles. The van der Waals surface area contributed by atoms with Crippen LogP contribution in [0.25, 0.3) is 0 Å². The van der Waals surface area contributed by atoms with Gasteiger partial charge in [0.1, 0.15) is 5.56 Å². The number of hydrogen-bond donors (Lipinski definition) is 1. The van der Waals surface area contributed by atoms with Crippen LogP contribution in [-0.2, 0) is 19.4 Å². The van der Waals surface area contributed by atoms with Crippen molar-refractivity contribution in [3.8, 4) is 0 Å². The Morgan fingerprint density at radius 3 is 3.00 bits per heavy atom. The molecule has 23 heavy (non-hydrogen) atoms. The van der Waals surface area contributed by atoms with Crippen molar-refractivity contribution in [3.05, 3.63) is 57.5 Å². The molecule has 0 radical (unpaired) electrons. The number of fused-ring (bicyclic) bond motifs is 2. The topological polar surface area (TPSA) is 64.0 Å². The van der Waals surface area contributed by atoms with Gasteiger partial charge in [0.05, 0.1) is 0 Å². The number of rotatable bonds is 2. The predicted octanol–water partition coefficient (Wildman–Crippen LogP) is 1.64. The normalized spacial score (nSPS) is 19.0. The van der Waals surface area contributed by atoms with Gasteiger partial charge in [-0.05, 0) is 30.4 Å². The molecule has 2 aromatic rings. The van der Waals surface area contributed by atoms with Gasteiger partial charge in [0.2, 0.25) is 0 Å². The van der Waals surface area contributed by atoms with Gasteiger partial charge in [0, 0.05) is 24.5 Å². The number of carbonyl (C=O) groups is 1. The van der Waals surface area contributed by atoms with Gasteiger partial charge in [0.15, 0.2) is 5.16 Å². The Labute approximate surface area is 138 Å². The van der Waals surface area contributed by atoms with E-state index < -0.39 is 0 Å². The van der Waals surface area contributed by atoms with E-state index in [-0.39, 0.29) is 23.1 Å². The van der Waals surface area contributed by atoms with Crippen molar-refractivity contribution in [2.75, 3.05) is 5.75 Å². The zero-order chi connectivity index (χ0) is 15.8. The molecule has 1 atom stereocenters. The number of carbonyl (C=O) groups excluding carboxylic acids is 1. The minimum Gasteiger partial charge on any atom is -0.349 e. The van der Waals surface area contributed by atoms with Crippen LogP contribution in [0, 0.1) is 0 Å². The average molecular weight is 327 g/mol. The molecule has 6 heteroatoms. The van der Waals surface area contributed by atoms with Crippen molar-refractivity contribution in [3.63, 3.8) is 0 Å². The summed E-state index contributed by atoms with van der Waals surface area (Å²) < 4.78 is 1.59. The molecule has 0 fully saturated rings. The number of benzene rings is 1. The first kappa shape index (κ1) is 14.5. The molecule has 1 N–H and O–H groups in total. The molecule has 1 aromatic carbocycles. The standard InChI is InChI=1S/C17H17N3O2S/c21-15(14-10-18-17-20(16(14)22)7-8-23-17)19-13-6-5-11-3-1-2-4-12(11)9-13/h1-4,10,13H,5-9H2,(H,19,21). The van der Waals surface area contributed by atoms with Gasteiger partial charge < -0.3 is 5.32 Å². The minimum atomic E-state index is -0.306. The van der Waals surface area contributed by atoms with Crippen LogP contribution in [0.5, 0.6) is 0 Å². The van der Waals surface area contributed by atoms with Gasteiger partial charge in [-0.25, -0.2) is 4.98 Å². The van der Waals surface area contributed by atoms with Gasteiger partial charge in [-0.2, -0.15) is 0 Å². The van der Waals surface area contributed by atoms with Crippen LogP contribution in [0.1, 0.15) is 27.9 Å². The third-order valence-electron chi connectivity index (χ3n) is 4.48. The lowest BCUT2D eigenvalue weighted by atomic mass is 9.88. The molecular formula is C17H17N3O2S. The largest absolute Gasteiger partial charge is 0.349 e. The number of aromatic nitrogens is 2. The summed E-state index contributed by atoms with van der Waals surface area (Å²) >= 11 is 1.55. The third kappa shape index (κ3) is 2.67. The molecule has 0 saturated carbocycles. The van der Waals surface area contributed by atoms with Crippen molar-refractivity contribution in [2.24, 2.45) is 0 Å². The zero-order valence-corrected chi connectivity index (χ0v) is 13.4. The van der Waals surface area contributed by atoms with E-state index in [9.17, 15) is 9.59 Å². The molecule has 118 valence electrons. The van der Waals surface area contributed by atoms with E-state index >= 15 is 0 Å². The second-order valence-electron chi connectivity index (χ2n) is 5.94. The molecule has 0 saturated heterocycles. The molecule has 4 rings (SSSR count). The van der Waals surface area contributed by atoms with E-state index in [2.05, 4.69) is 22.4 Å². The lowest BCUT2D eigenvalue weighted by Crippen LogP contribution is -2.41. The maximum Gasteiger partial charge on any atom is 0.267 e. The van der Waals surface area contributed by atoms with E-state index in [0.29, 0.717) is 11.7 Å². The molecular weight excluding hydrogens is 310 g/mol. The van der Waals surface area contributed by atoms with E-state index in [1.165, 1.54) is 17.3 Å². The van der Waals surface area contributed by atoms with Gasteiger partial charge in [-0.1, -0.05) is 36.0 Å². The lowest BCUT2D eigenvalue weighted by Gasteiger charge is -2.25. The third-order valence-corrected chi connectivity index (χ3v) is 5.45. The zero-order valence-electron chi connectivity index (χ0n) is 12.6. The maximum atomic E-state index is 12.5. The van der Waals surface area contributed by atoms with Crippen LogP contribution >= 0.6 is 11.8 Å². The Balaban J connectivity index is 1.52. The number of amides is 1. The number of aryl methyl sites for hydroxylation is 1. The summed E-state index contributed by atoms with van der Waals surface area (Å²) in [6.07, 6.45) is 4.09. The van der Waals surface area contributed by atoms with Crippen LogP contribution in [0.4, 0.5) is 0 Å². The van der Waals surface area contributed by atoms with Crippen LogP contribution < -0.4 is 10.9 Å². The van der Waals surface area contributed by atoms with Crippen LogP contribution in [-0.4, -0.2) is 27.3 Å². The number of hydrogen-bond acceptors (Lipinski definition) is 4. The molecule has 1 aliphatic carbocycles. The SMILES string of the molecule is O=C(NC1CCc2ccccc2C1)c1cnc2n(c1=O)CCS2. The van der Waals surface area contributed by atoms with Crippen molar-refractivity contribution in [1.29, 1.82) is 0 Å². The Bertz CT molecular complexity index is 831. The fraction of sp³-hybridized carbons (Fsp3) is 0.353. The fourth-order valence-electron chi connectivity index (χ4n) is 3.26. The summed E-state index contributed by atoms with van der Waals surface area (Å²) in [6.45, 7) is 0.629. The van der Waals surface area contributed by atoms with Gasteiger partial charge in [-0.3, -0.25) is 14.2 Å². The number of thioether (sulfide) groups is 1. The van der Waals surface area contributed by atoms with Crippen molar-refractivity contribution >= 4 is 17.7 Å². The highest BCUT2D eigenvalue weighted by atomic mass is 32.2. The molecule has 0 spiro atoms. The summed E-state index contributed by atoms with van der Waals surface area (Å²) in [7, 11) is 0. The second kappa shape index (κ2) is 5.85. The van der Waals surface area contributed by atoms with Crippen LogP contribution in [0.3, 0.4) is 0 Å². The molecule has 1 amide bonds. The summed E-state index contributed by atoms with van der Waals surface area (Å²) in [6, 6.07) is 8.40. The molecule has 2 heterocycles. The first-order valence-electron chi connectivity index (χ1n) is 7.82. The van der Waals surface area contributed by atoms with E-state index in [1.54, 1.807) is 16.3 Å². The minimum absolute atomic E-state index is 0.0735. The molecule has 0 bridgehead atoms.